The van der Waals surface area contributed by atoms with Crippen molar-refractivity contribution in [3.63, 3.8) is 0 Å². The number of carbonyl (C=O) groups excluding carboxylic acids is 2. The molecule has 37 heavy (non-hydrogen) atoms. The van der Waals surface area contributed by atoms with Crippen LogP contribution in [0, 0.1) is 18.3 Å². The van der Waals surface area contributed by atoms with Crippen LogP contribution in [0.4, 0.5) is 28.7 Å². The van der Waals surface area contributed by atoms with E-state index < -0.39 is 23.1 Å². The number of carbonyl (C=O) groups is 2. The van der Waals surface area contributed by atoms with Gasteiger partial charge in [0.1, 0.15) is 29.1 Å². The summed E-state index contributed by atoms with van der Waals surface area (Å²) in [5, 5.41) is 41.7. The summed E-state index contributed by atoms with van der Waals surface area (Å²) in [7, 11) is 0. The van der Waals surface area contributed by atoms with Crippen LogP contribution < -0.4 is 11.1 Å². The van der Waals surface area contributed by atoms with E-state index in [2.05, 4.69) is 20.5 Å². The van der Waals surface area contributed by atoms with Crippen molar-refractivity contribution in [2.75, 3.05) is 11.1 Å². The smallest absolute Gasteiger partial charge is 0.200 e. The van der Waals surface area contributed by atoms with Crippen LogP contribution in [0.1, 0.15) is 43.0 Å². The zero-order chi connectivity index (χ0) is 26.3. The molecule has 5 N–H and O–H groups in total. The number of nitrogen functional groups attached to an aromatic ring is 1. The number of nitrogens with two attached hydrogens (primary N) is 1. The first-order valence-electron chi connectivity index (χ1n) is 11.0. The molecule has 1 aliphatic rings. The quantitative estimate of drug-likeness (QED) is 0.197. The molecular formula is C27H18N6O4. The van der Waals surface area contributed by atoms with Gasteiger partial charge >= 0.3 is 0 Å². The summed E-state index contributed by atoms with van der Waals surface area (Å²) in [5.41, 5.74) is 6.88. The highest BCUT2D eigenvalue weighted by atomic mass is 16.3. The predicted octanol–water partition coefficient (Wildman–Crippen LogP) is 5.19. The number of benzene rings is 3. The monoisotopic (exact) mass is 490 g/mol. The molecule has 4 aromatic rings. The fourth-order valence-corrected chi connectivity index (χ4v) is 4.18. The van der Waals surface area contributed by atoms with Gasteiger partial charge in [0.15, 0.2) is 11.6 Å². The van der Waals surface area contributed by atoms with Crippen molar-refractivity contribution in [1.29, 1.82) is 5.26 Å². The van der Waals surface area contributed by atoms with Gasteiger partial charge in [0, 0.05) is 16.8 Å². The van der Waals surface area contributed by atoms with E-state index >= 15 is 0 Å². The van der Waals surface area contributed by atoms with Gasteiger partial charge in [-0.25, -0.2) is 4.98 Å². The van der Waals surface area contributed by atoms with Crippen molar-refractivity contribution in [2.45, 2.75) is 6.92 Å². The number of phenols is 2. The molecule has 10 nitrogen and oxygen atoms in total. The third-order valence-electron chi connectivity index (χ3n) is 5.98. The van der Waals surface area contributed by atoms with Gasteiger partial charge in [-0.3, -0.25) is 9.59 Å². The lowest BCUT2D eigenvalue weighted by molar-refractivity contribution is 0.0974. The molecule has 0 saturated carbocycles. The topological polar surface area (TPSA) is 174 Å². The van der Waals surface area contributed by atoms with Gasteiger partial charge in [-0.15, -0.1) is 10.2 Å². The Hall–Kier alpha value is -5.56. The average molecular weight is 490 g/mol. The van der Waals surface area contributed by atoms with Crippen LogP contribution in [0.5, 0.6) is 11.5 Å². The first-order valence-corrected chi connectivity index (χ1v) is 11.0. The Morgan fingerprint density at radius 1 is 0.892 bits per heavy atom. The molecule has 0 saturated heterocycles. The van der Waals surface area contributed by atoms with Crippen molar-refractivity contribution >= 4 is 40.3 Å². The second kappa shape index (κ2) is 8.90. The van der Waals surface area contributed by atoms with Crippen molar-refractivity contribution in [3.05, 3.63) is 94.0 Å². The Kier molecular flexibility index (Phi) is 5.58. The summed E-state index contributed by atoms with van der Waals surface area (Å²) in [6, 6.07) is 17.9. The van der Waals surface area contributed by atoms with Gasteiger partial charge in [-0.05, 0) is 37.3 Å². The summed E-state index contributed by atoms with van der Waals surface area (Å²) in [6.07, 6.45) is 0. The molecule has 0 spiro atoms. The zero-order valence-corrected chi connectivity index (χ0v) is 19.4. The van der Waals surface area contributed by atoms with E-state index in [1.54, 1.807) is 6.92 Å². The molecule has 0 amide bonds. The van der Waals surface area contributed by atoms with Crippen LogP contribution >= 0.6 is 0 Å². The highest BCUT2D eigenvalue weighted by Gasteiger charge is 2.36. The van der Waals surface area contributed by atoms with E-state index in [1.165, 1.54) is 18.2 Å². The molecule has 0 bridgehead atoms. The minimum atomic E-state index is -0.681. The molecule has 3 aromatic carbocycles. The summed E-state index contributed by atoms with van der Waals surface area (Å²) in [4.78, 5) is 30.8. The molecule has 0 atom stereocenters. The van der Waals surface area contributed by atoms with Crippen molar-refractivity contribution in [3.8, 4) is 17.6 Å². The standard InChI is InChI=1S/C27H18N6O4/c1-13-16(12-28)26(29)31-27(30-14-6-3-2-4-7-14)23(13)33-32-17-9-5-8-15-20(17)25(37)22-19(35)11-10-18(34)21(22)24(15)36/h2-11,34-35H,1H3,(H3,29,30,31)/b33-32+. The third kappa shape index (κ3) is 3.81. The molecule has 1 aliphatic carbocycles. The van der Waals surface area contributed by atoms with E-state index in [0.717, 1.165) is 12.1 Å². The SMILES string of the molecule is Cc1c(C#N)c(N)nc(Nc2ccccc2)c1/N=N/c1cccc2c1C(=O)c1c(O)ccc(O)c1C2=O. The molecule has 0 aliphatic heterocycles. The maximum atomic E-state index is 13.4. The Labute approximate surface area is 210 Å². The highest BCUT2D eigenvalue weighted by Crippen LogP contribution is 2.41. The number of hydrogen-bond acceptors (Lipinski definition) is 10. The number of ketones is 2. The number of aromatic nitrogens is 1. The lowest BCUT2D eigenvalue weighted by atomic mass is 9.82. The molecule has 0 fully saturated rings. The van der Waals surface area contributed by atoms with Crippen LogP contribution in [-0.4, -0.2) is 26.8 Å². The average Bonchev–Trinajstić information content (AvgIpc) is 2.89. The van der Waals surface area contributed by atoms with Crippen LogP contribution in [0.2, 0.25) is 0 Å². The maximum Gasteiger partial charge on any atom is 0.200 e. The first-order chi connectivity index (χ1) is 17.8. The van der Waals surface area contributed by atoms with Crippen molar-refractivity contribution in [1.82, 2.24) is 4.98 Å². The number of pyridine rings is 1. The first kappa shape index (κ1) is 23.2. The molecule has 5 rings (SSSR count). The Morgan fingerprint density at radius 2 is 1.57 bits per heavy atom. The second-order valence-electron chi connectivity index (χ2n) is 8.21. The number of rotatable bonds is 4. The second-order valence-corrected chi connectivity index (χ2v) is 8.21. The van der Waals surface area contributed by atoms with Crippen LogP contribution in [0.3, 0.4) is 0 Å². The molecular weight excluding hydrogens is 472 g/mol. The molecule has 0 radical (unpaired) electrons. The van der Waals surface area contributed by atoms with Gasteiger partial charge in [0.2, 0.25) is 5.78 Å². The third-order valence-corrected chi connectivity index (χ3v) is 5.98. The van der Waals surface area contributed by atoms with Gasteiger partial charge in [-0.1, -0.05) is 30.3 Å². The molecule has 1 aromatic heterocycles. The van der Waals surface area contributed by atoms with Crippen molar-refractivity contribution < 1.29 is 19.8 Å². The molecule has 180 valence electrons. The number of azo groups is 1. The predicted molar refractivity (Wildman–Crippen MR) is 135 cm³/mol. The number of nitriles is 1. The van der Waals surface area contributed by atoms with Gasteiger partial charge in [0.25, 0.3) is 0 Å². The zero-order valence-electron chi connectivity index (χ0n) is 19.4. The normalized spacial score (nSPS) is 12.2. The van der Waals surface area contributed by atoms with E-state index in [0.29, 0.717) is 11.3 Å². The van der Waals surface area contributed by atoms with Crippen LogP contribution in [-0.2, 0) is 0 Å². The number of nitrogens with zero attached hydrogens (tertiary/aromatic N) is 4. The molecule has 1 heterocycles. The van der Waals surface area contributed by atoms with E-state index in [9.17, 15) is 25.1 Å². The fraction of sp³-hybridized carbons (Fsp3) is 0.0370. The van der Waals surface area contributed by atoms with E-state index in [1.807, 2.05) is 36.4 Å². The lowest BCUT2D eigenvalue weighted by Gasteiger charge is -2.20. The van der Waals surface area contributed by atoms with Crippen molar-refractivity contribution in [2.24, 2.45) is 10.2 Å². The number of para-hydroxylation sites is 1. The number of nitrogens with one attached hydrogen (secondary N) is 1. The minimum absolute atomic E-state index is 0.0159. The summed E-state index contributed by atoms with van der Waals surface area (Å²) in [6.45, 7) is 1.65. The lowest BCUT2D eigenvalue weighted by Crippen LogP contribution is -2.21. The minimum Gasteiger partial charge on any atom is -0.507 e. The fourth-order valence-electron chi connectivity index (χ4n) is 4.18. The number of hydrogen-bond donors (Lipinski definition) is 4. The molecule has 0 unspecified atom stereocenters. The maximum absolute atomic E-state index is 13.4. The Balaban J connectivity index is 1.65. The van der Waals surface area contributed by atoms with E-state index in [-0.39, 0.29) is 50.8 Å². The van der Waals surface area contributed by atoms with Gasteiger partial charge < -0.3 is 21.3 Å². The Bertz CT molecular complexity index is 1690. The number of aromatic hydroxyl groups is 2. The van der Waals surface area contributed by atoms with Gasteiger partial charge in [-0.2, -0.15) is 5.26 Å². The van der Waals surface area contributed by atoms with Crippen LogP contribution in [0.15, 0.2) is 70.9 Å². The van der Waals surface area contributed by atoms with E-state index in [4.69, 9.17) is 5.73 Å². The number of anilines is 3. The summed E-state index contributed by atoms with van der Waals surface area (Å²) < 4.78 is 0. The van der Waals surface area contributed by atoms with Gasteiger partial charge in [0.05, 0.1) is 27.9 Å². The molecule has 10 heteroatoms. The number of fused-ring (bicyclic) bond motifs is 2. The largest absolute Gasteiger partial charge is 0.507 e. The highest BCUT2D eigenvalue weighted by molar-refractivity contribution is 6.31. The summed E-state index contributed by atoms with van der Waals surface area (Å²) in [5.74, 6) is -1.90. The number of phenolic OH excluding ortho intramolecular Hbond substituents is 2. The Morgan fingerprint density at radius 3 is 2.24 bits per heavy atom. The van der Waals surface area contributed by atoms with Crippen LogP contribution in [0.25, 0.3) is 0 Å². The summed E-state index contributed by atoms with van der Waals surface area (Å²) >= 11 is 0.